The summed E-state index contributed by atoms with van der Waals surface area (Å²) in [6, 6.07) is 4.37. The molecular formula is C13H16FN5. The van der Waals surface area contributed by atoms with Crippen LogP contribution in [0.1, 0.15) is 26.7 Å². The summed E-state index contributed by atoms with van der Waals surface area (Å²) in [7, 11) is 0. The minimum atomic E-state index is -0.381. The predicted octanol–water partition coefficient (Wildman–Crippen LogP) is 2.21. The maximum Gasteiger partial charge on any atom is 0.182 e. The standard InChI is InChI=1S/C13H16FN5/c1-13(2,9-3-4-9)19-12(16-17-18-19)8-5-10(14)7-11(15)6-8/h5-7,9H,3-4,15H2,1-2H3. The number of halogens is 1. The van der Waals surface area contributed by atoms with E-state index in [-0.39, 0.29) is 11.4 Å². The Morgan fingerprint density at radius 2 is 2.05 bits per heavy atom. The molecule has 19 heavy (non-hydrogen) atoms. The van der Waals surface area contributed by atoms with Gasteiger partial charge in [-0.15, -0.1) is 5.10 Å². The summed E-state index contributed by atoms with van der Waals surface area (Å²) in [4.78, 5) is 0. The number of rotatable bonds is 3. The predicted molar refractivity (Wildman–Crippen MR) is 69.7 cm³/mol. The Kier molecular flexibility index (Phi) is 2.55. The fraction of sp³-hybridized carbons (Fsp3) is 0.462. The molecule has 100 valence electrons. The minimum absolute atomic E-state index is 0.167. The van der Waals surface area contributed by atoms with Crippen molar-refractivity contribution in [1.82, 2.24) is 20.2 Å². The molecule has 1 fully saturated rings. The second-order valence-corrected chi connectivity index (χ2v) is 5.62. The van der Waals surface area contributed by atoms with E-state index in [1.807, 2.05) is 0 Å². The fourth-order valence-electron chi connectivity index (χ4n) is 2.46. The molecule has 0 saturated heterocycles. The zero-order valence-electron chi connectivity index (χ0n) is 11.0. The van der Waals surface area contributed by atoms with Crippen LogP contribution in [0.4, 0.5) is 10.1 Å². The van der Waals surface area contributed by atoms with E-state index in [0.717, 1.165) is 0 Å². The lowest BCUT2D eigenvalue weighted by atomic mass is 9.98. The fourth-order valence-corrected chi connectivity index (χ4v) is 2.46. The monoisotopic (exact) mass is 261 g/mol. The van der Waals surface area contributed by atoms with Crippen LogP contribution in [-0.2, 0) is 5.54 Å². The highest BCUT2D eigenvalue weighted by Gasteiger charge is 2.41. The van der Waals surface area contributed by atoms with Crippen LogP contribution in [-0.4, -0.2) is 20.2 Å². The number of benzene rings is 1. The largest absolute Gasteiger partial charge is 0.399 e. The molecule has 0 bridgehead atoms. The first kappa shape index (κ1) is 12.1. The third-order valence-electron chi connectivity index (χ3n) is 3.77. The van der Waals surface area contributed by atoms with E-state index in [9.17, 15) is 4.39 Å². The minimum Gasteiger partial charge on any atom is -0.399 e. The Labute approximate surface area is 110 Å². The van der Waals surface area contributed by atoms with Crippen LogP contribution in [0, 0.1) is 11.7 Å². The molecule has 5 nitrogen and oxygen atoms in total. The highest BCUT2D eigenvalue weighted by molar-refractivity contribution is 5.61. The molecule has 0 atom stereocenters. The quantitative estimate of drug-likeness (QED) is 0.860. The Bertz CT molecular complexity index is 595. The van der Waals surface area contributed by atoms with E-state index < -0.39 is 0 Å². The summed E-state index contributed by atoms with van der Waals surface area (Å²) < 4.78 is 15.2. The third-order valence-corrected chi connectivity index (χ3v) is 3.77. The number of hydrogen-bond acceptors (Lipinski definition) is 4. The van der Waals surface area contributed by atoms with Crippen molar-refractivity contribution in [2.45, 2.75) is 32.2 Å². The van der Waals surface area contributed by atoms with Crippen molar-refractivity contribution in [3.63, 3.8) is 0 Å². The van der Waals surface area contributed by atoms with Gasteiger partial charge in [-0.25, -0.2) is 9.07 Å². The van der Waals surface area contributed by atoms with E-state index in [1.54, 1.807) is 10.7 Å². The molecule has 3 rings (SSSR count). The third kappa shape index (κ3) is 2.07. The summed E-state index contributed by atoms with van der Waals surface area (Å²) in [5, 5.41) is 11.8. The Balaban J connectivity index is 2.09. The van der Waals surface area contributed by atoms with Crippen LogP contribution < -0.4 is 5.73 Å². The molecule has 1 aliphatic carbocycles. The van der Waals surface area contributed by atoms with Crippen molar-refractivity contribution in [2.24, 2.45) is 5.92 Å². The second-order valence-electron chi connectivity index (χ2n) is 5.62. The zero-order chi connectivity index (χ0) is 13.6. The van der Waals surface area contributed by atoms with Crippen molar-refractivity contribution in [1.29, 1.82) is 0 Å². The lowest BCUT2D eigenvalue weighted by molar-refractivity contribution is 0.271. The van der Waals surface area contributed by atoms with Crippen LogP contribution >= 0.6 is 0 Å². The number of hydrogen-bond donors (Lipinski definition) is 1. The van der Waals surface area contributed by atoms with Crippen molar-refractivity contribution in [2.75, 3.05) is 5.73 Å². The Morgan fingerprint density at radius 3 is 2.68 bits per heavy atom. The summed E-state index contributed by atoms with van der Waals surface area (Å²) in [6.45, 7) is 4.21. The maximum absolute atomic E-state index is 13.5. The Morgan fingerprint density at radius 1 is 1.32 bits per heavy atom. The average Bonchev–Trinajstić information content (AvgIpc) is 3.05. The normalized spacial score (nSPS) is 15.7. The van der Waals surface area contributed by atoms with Crippen molar-refractivity contribution < 1.29 is 4.39 Å². The van der Waals surface area contributed by atoms with E-state index >= 15 is 0 Å². The molecule has 0 unspecified atom stereocenters. The summed E-state index contributed by atoms with van der Waals surface area (Å²) >= 11 is 0. The van der Waals surface area contributed by atoms with E-state index in [1.165, 1.54) is 25.0 Å². The van der Waals surface area contributed by atoms with Crippen molar-refractivity contribution in [3.05, 3.63) is 24.0 Å². The Hall–Kier alpha value is -1.98. The summed E-state index contributed by atoms with van der Waals surface area (Å²) in [6.07, 6.45) is 2.36. The molecular weight excluding hydrogens is 245 g/mol. The number of nitrogens with zero attached hydrogens (tertiary/aromatic N) is 4. The molecule has 2 aromatic rings. The van der Waals surface area contributed by atoms with Crippen LogP contribution in [0.2, 0.25) is 0 Å². The van der Waals surface area contributed by atoms with Gasteiger partial charge in [-0.2, -0.15) is 0 Å². The SMILES string of the molecule is CC(C)(C1CC1)n1nnnc1-c1cc(N)cc(F)c1. The molecule has 1 aliphatic rings. The van der Waals surface area contributed by atoms with Gasteiger partial charge in [0.2, 0.25) is 0 Å². The maximum atomic E-state index is 13.5. The van der Waals surface area contributed by atoms with Crippen LogP contribution in [0.25, 0.3) is 11.4 Å². The van der Waals surface area contributed by atoms with Gasteiger partial charge >= 0.3 is 0 Å². The summed E-state index contributed by atoms with van der Waals surface area (Å²) in [5.41, 5.74) is 6.49. The van der Waals surface area contributed by atoms with E-state index in [0.29, 0.717) is 23.0 Å². The summed E-state index contributed by atoms with van der Waals surface area (Å²) in [5.74, 6) is 0.748. The first-order valence-electron chi connectivity index (χ1n) is 6.34. The molecule has 1 aromatic carbocycles. The molecule has 0 aliphatic heterocycles. The van der Waals surface area contributed by atoms with Crippen molar-refractivity contribution >= 4 is 5.69 Å². The number of tetrazole rings is 1. The molecule has 1 saturated carbocycles. The average molecular weight is 261 g/mol. The number of anilines is 1. The highest BCUT2D eigenvalue weighted by Crippen LogP contribution is 2.44. The number of aromatic nitrogens is 4. The van der Waals surface area contributed by atoms with Gasteiger partial charge in [0.15, 0.2) is 5.82 Å². The first-order chi connectivity index (χ1) is 8.98. The smallest absolute Gasteiger partial charge is 0.182 e. The lowest BCUT2D eigenvalue weighted by Gasteiger charge is -2.25. The molecule has 6 heteroatoms. The zero-order valence-corrected chi connectivity index (χ0v) is 11.0. The van der Waals surface area contributed by atoms with Gasteiger partial charge in [-0.05, 0) is 61.2 Å². The number of nitrogen functional groups attached to an aromatic ring is 1. The van der Waals surface area contributed by atoms with Gasteiger partial charge in [0, 0.05) is 11.3 Å². The first-order valence-corrected chi connectivity index (χ1v) is 6.34. The van der Waals surface area contributed by atoms with Crippen molar-refractivity contribution in [3.8, 4) is 11.4 Å². The van der Waals surface area contributed by atoms with E-state index in [2.05, 4.69) is 29.4 Å². The van der Waals surface area contributed by atoms with Crippen LogP contribution in [0.3, 0.4) is 0 Å². The second kappa shape index (κ2) is 4.01. The highest BCUT2D eigenvalue weighted by atomic mass is 19.1. The van der Waals surface area contributed by atoms with Gasteiger partial charge in [0.1, 0.15) is 5.82 Å². The van der Waals surface area contributed by atoms with Gasteiger partial charge in [0.25, 0.3) is 0 Å². The number of nitrogens with two attached hydrogens (primary N) is 1. The van der Waals surface area contributed by atoms with Crippen LogP contribution in [0.15, 0.2) is 18.2 Å². The van der Waals surface area contributed by atoms with Gasteiger partial charge in [0.05, 0.1) is 5.54 Å². The lowest BCUT2D eigenvalue weighted by Crippen LogP contribution is -2.30. The van der Waals surface area contributed by atoms with Gasteiger partial charge in [-0.3, -0.25) is 0 Å². The van der Waals surface area contributed by atoms with Crippen LogP contribution in [0.5, 0.6) is 0 Å². The molecule has 0 spiro atoms. The van der Waals surface area contributed by atoms with Gasteiger partial charge < -0.3 is 5.73 Å². The van der Waals surface area contributed by atoms with Gasteiger partial charge in [-0.1, -0.05) is 0 Å². The topological polar surface area (TPSA) is 69.6 Å². The molecule has 0 radical (unpaired) electrons. The molecule has 0 amide bonds. The molecule has 1 aromatic heterocycles. The van der Waals surface area contributed by atoms with E-state index in [4.69, 9.17) is 5.73 Å². The molecule has 2 N–H and O–H groups in total. The molecule has 1 heterocycles.